The predicted octanol–water partition coefficient (Wildman–Crippen LogP) is 4.86. The molecule has 2 heteroatoms. The highest BCUT2D eigenvalue weighted by molar-refractivity contribution is 5.91. The summed E-state index contributed by atoms with van der Waals surface area (Å²) in [6.07, 6.45) is 0.860. The first-order valence-corrected chi connectivity index (χ1v) is 7.36. The average Bonchev–Trinajstić information content (AvgIpc) is 2.12. The van der Waals surface area contributed by atoms with Crippen molar-refractivity contribution in [2.75, 3.05) is 6.61 Å². The summed E-state index contributed by atoms with van der Waals surface area (Å²) in [5, 5.41) is 0. The Morgan fingerprint density at radius 1 is 0.895 bits per heavy atom. The number of rotatable bonds is 6. The van der Waals surface area contributed by atoms with Crippen LogP contribution in [-0.4, -0.2) is 18.0 Å². The maximum atomic E-state index is 12.8. The number of carbonyl (C=O) groups is 1. The summed E-state index contributed by atoms with van der Waals surface area (Å²) in [6, 6.07) is 0. The second-order valence-corrected chi connectivity index (χ2v) is 8.47. The molecule has 0 bridgehead atoms. The Kier molecular flexibility index (Phi) is 5.45. The Labute approximate surface area is 120 Å². The van der Waals surface area contributed by atoms with Gasteiger partial charge >= 0.3 is 0 Å². The monoisotopic (exact) mass is 270 g/mol. The van der Waals surface area contributed by atoms with E-state index < -0.39 is 5.60 Å². The molecule has 0 N–H and O–H groups in total. The molecule has 0 heterocycles. The van der Waals surface area contributed by atoms with Gasteiger partial charge in [-0.2, -0.15) is 0 Å². The van der Waals surface area contributed by atoms with Crippen molar-refractivity contribution in [2.24, 2.45) is 16.2 Å². The van der Waals surface area contributed by atoms with Crippen molar-refractivity contribution in [3.8, 4) is 0 Å². The fourth-order valence-corrected chi connectivity index (χ4v) is 2.69. The first kappa shape index (κ1) is 18.6. The normalized spacial score (nSPS) is 14.6. The van der Waals surface area contributed by atoms with Gasteiger partial charge in [-0.25, -0.2) is 0 Å². The molecule has 0 aliphatic rings. The maximum Gasteiger partial charge on any atom is 0.169 e. The molecule has 0 saturated carbocycles. The Bertz CT molecular complexity index is 317. The van der Waals surface area contributed by atoms with Crippen molar-refractivity contribution in [1.82, 2.24) is 0 Å². The van der Waals surface area contributed by atoms with E-state index in [1.54, 1.807) is 0 Å². The van der Waals surface area contributed by atoms with Crippen molar-refractivity contribution in [2.45, 2.75) is 81.3 Å². The van der Waals surface area contributed by atoms with E-state index in [0.29, 0.717) is 6.61 Å². The molecule has 19 heavy (non-hydrogen) atoms. The zero-order valence-electron chi connectivity index (χ0n) is 14.7. The van der Waals surface area contributed by atoms with E-state index >= 15 is 0 Å². The minimum Gasteiger partial charge on any atom is -0.368 e. The third-order valence-corrected chi connectivity index (χ3v) is 4.58. The molecule has 0 aromatic carbocycles. The summed E-state index contributed by atoms with van der Waals surface area (Å²) in [4.78, 5) is 12.8. The molecule has 0 amide bonds. The summed E-state index contributed by atoms with van der Waals surface area (Å²) in [5.74, 6) is 0.194. The zero-order chi connectivity index (χ0) is 15.7. The van der Waals surface area contributed by atoms with Crippen LogP contribution in [0.25, 0.3) is 0 Å². The van der Waals surface area contributed by atoms with Gasteiger partial charge in [0.15, 0.2) is 5.78 Å². The number of carbonyl (C=O) groups excluding carboxylic acids is 1. The smallest absolute Gasteiger partial charge is 0.169 e. The highest BCUT2D eigenvalue weighted by Gasteiger charge is 2.45. The van der Waals surface area contributed by atoms with E-state index in [1.807, 2.05) is 34.6 Å². The summed E-state index contributed by atoms with van der Waals surface area (Å²) in [5.41, 5.74) is -0.823. The molecule has 0 fully saturated rings. The Hall–Kier alpha value is -0.370. The van der Waals surface area contributed by atoms with Crippen molar-refractivity contribution in [1.29, 1.82) is 0 Å². The Morgan fingerprint density at radius 3 is 1.63 bits per heavy atom. The predicted molar refractivity (Wildman–Crippen MR) is 82.3 cm³/mol. The lowest BCUT2D eigenvalue weighted by Gasteiger charge is -2.45. The quantitative estimate of drug-likeness (QED) is 0.689. The molecule has 0 rings (SSSR count). The largest absolute Gasteiger partial charge is 0.368 e. The van der Waals surface area contributed by atoms with Crippen LogP contribution in [-0.2, 0) is 9.53 Å². The topological polar surface area (TPSA) is 26.3 Å². The maximum absolute atomic E-state index is 12.8. The minimum absolute atomic E-state index is 0.0917. The van der Waals surface area contributed by atoms with Crippen molar-refractivity contribution in [3.05, 3.63) is 0 Å². The molecule has 0 aliphatic carbocycles. The van der Waals surface area contributed by atoms with Crippen LogP contribution in [0.5, 0.6) is 0 Å². The molecular weight excluding hydrogens is 236 g/mol. The summed E-state index contributed by atoms with van der Waals surface area (Å²) in [6.45, 7) is 21.6. The minimum atomic E-state index is -0.702. The van der Waals surface area contributed by atoms with Crippen LogP contribution in [0.1, 0.15) is 75.7 Å². The number of hydrogen-bond donors (Lipinski definition) is 0. The van der Waals surface area contributed by atoms with Gasteiger partial charge in [0.05, 0.1) is 0 Å². The molecule has 0 radical (unpaired) electrons. The zero-order valence-corrected chi connectivity index (χ0v) is 14.7. The summed E-state index contributed by atoms with van der Waals surface area (Å²) < 4.78 is 5.63. The fourth-order valence-electron chi connectivity index (χ4n) is 2.69. The van der Waals surface area contributed by atoms with Gasteiger partial charge in [-0.3, -0.25) is 4.79 Å². The standard InChI is InChI=1S/C17H34O2/c1-11-19-17(9,10)13(18)15(5,6)12-16(7,8)14(2,3)4/h11-12H2,1-10H3. The van der Waals surface area contributed by atoms with E-state index in [4.69, 9.17) is 4.74 Å². The van der Waals surface area contributed by atoms with E-state index in [0.717, 1.165) is 6.42 Å². The Morgan fingerprint density at radius 2 is 1.32 bits per heavy atom. The summed E-state index contributed by atoms with van der Waals surface area (Å²) in [7, 11) is 0. The molecule has 0 aliphatic heterocycles. The number of Topliss-reactive ketones (excluding diaryl/α,β-unsaturated/α-hetero) is 1. The second kappa shape index (κ2) is 5.55. The molecule has 0 atom stereocenters. The average molecular weight is 270 g/mol. The van der Waals surface area contributed by atoms with Gasteiger partial charge < -0.3 is 4.74 Å². The molecule has 2 nitrogen and oxygen atoms in total. The van der Waals surface area contributed by atoms with Crippen LogP contribution in [0.3, 0.4) is 0 Å². The van der Waals surface area contributed by atoms with Crippen molar-refractivity contribution < 1.29 is 9.53 Å². The van der Waals surface area contributed by atoms with E-state index in [9.17, 15) is 4.79 Å². The highest BCUT2D eigenvalue weighted by Crippen LogP contribution is 2.47. The lowest BCUT2D eigenvalue weighted by Crippen LogP contribution is -2.47. The van der Waals surface area contributed by atoms with Gasteiger partial charge in [-0.15, -0.1) is 0 Å². The third kappa shape index (κ3) is 4.59. The van der Waals surface area contributed by atoms with Crippen LogP contribution in [0, 0.1) is 16.2 Å². The van der Waals surface area contributed by atoms with Crippen LogP contribution >= 0.6 is 0 Å². The molecule has 0 aromatic heterocycles. The number of ether oxygens (including phenoxy) is 1. The first-order valence-electron chi connectivity index (χ1n) is 7.36. The van der Waals surface area contributed by atoms with Gasteiger partial charge in [0.25, 0.3) is 0 Å². The first-order chi connectivity index (χ1) is 8.17. The fraction of sp³-hybridized carbons (Fsp3) is 0.941. The second-order valence-electron chi connectivity index (χ2n) is 8.47. The van der Waals surface area contributed by atoms with Gasteiger partial charge in [0, 0.05) is 12.0 Å². The molecule has 0 aromatic rings. The van der Waals surface area contributed by atoms with Gasteiger partial charge in [0.1, 0.15) is 5.60 Å². The van der Waals surface area contributed by atoms with Crippen LogP contribution < -0.4 is 0 Å². The molecule has 0 spiro atoms. The molecule has 0 saturated heterocycles. The lowest BCUT2D eigenvalue weighted by atomic mass is 9.60. The van der Waals surface area contributed by atoms with E-state index in [-0.39, 0.29) is 22.0 Å². The molecule has 0 unspecified atom stereocenters. The third-order valence-electron chi connectivity index (χ3n) is 4.58. The van der Waals surface area contributed by atoms with Crippen LogP contribution in [0.15, 0.2) is 0 Å². The highest BCUT2D eigenvalue weighted by atomic mass is 16.5. The van der Waals surface area contributed by atoms with Crippen LogP contribution in [0.4, 0.5) is 0 Å². The molecule has 114 valence electrons. The van der Waals surface area contributed by atoms with E-state index in [1.165, 1.54) is 0 Å². The van der Waals surface area contributed by atoms with Crippen molar-refractivity contribution in [3.63, 3.8) is 0 Å². The number of hydrogen-bond acceptors (Lipinski definition) is 2. The lowest BCUT2D eigenvalue weighted by molar-refractivity contribution is -0.151. The Balaban J connectivity index is 5.15. The van der Waals surface area contributed by atoms with Crippen molar-refractivity contribution >= 4 is 5.78 Å². The summed E-state index contributed by atoms with van der Waals surface area (Å²) >= 11 is 0. The SMILES string of the molecule is CCOC(C)(C)C(=O)C(C)(C)CC(C)(C)C(C)(C)C. The molecular formula is C17H34O2. The number of ketones is 1. The van der Waals surface area contributed by atoms with Gasteiger partial charge in [0.2, 0.25) is 0 Å². The van der Waals surface area contributed by atoms with Crippen LogP contribution in [0.2, 0.25) is 0 Å². The van der Waals surface area contributed by atoms with Gasteiger partial charge in [-0.05, 0) is 38.0 Å². The van der Waals surface area contributed by atoms with Gasteiger partial charge in [-0.1, -0.05) is 48.5 Å². The van der Waals surface area contributed by atoms with E-state index in [2.05, 4.69) is 34.6 Å².